The van der Waals surface area contributed by atoms with Crippen LogP contribution in [0.4, 0.5) is 5.82 Å². The van der Waals surface area contributed by atoms with Gasteiger partial charge in [-0.2, -0.15) is 5.10 Å². The zero-order valence-corrected chi connectivity index (χ0v) is 12.3. The van der Waals surface area contributed by atoms with Gasteiger partial charge in [0.05, 0.1) is 15.9 Å². The molecular formula is C10H12BrN5OS. The molecule has 0 aromatic carbocycles. The van der Waals surface area contributed by atoms with E-state index in [-0.39, 0.29) is 11.4 Å². The summed E-state index contributed by atoms with van der Waals surface area (Å²) < 4.78 is 2.78. The minimum Gasteiger partial charge on any atom is -0.383 e. The SMILES string of the molecule is Cc1nn(C)c(CSc2nc(N)cc(=O)[nH]2)c1Br. The Labute approximate surface area is 116 Å². The van der Waals surface area contributed by atoms with Crippen LogP contribution in [-0.2, 0) is 12.8 Å². The highest BCUT2D eigenvalue weighted by Gasteiger charge is 2.11. The van der Waals surface area contributed by atoms with Crippen LogP contribution in [0, 0.1) is 6.92 Å². The largest absolute Gasteiger partial charge is 0.383 e. The highest BCUT2D eigenvalue weighted by atomic mass is 79.9. The average molecular weight is 330 g/mol. The Kier molecular flexibility index (Phi) is 3.76. The summed E-state index contributed by atoms with van der Waals surface area (Å²) in [6, 6.07) is 1.26. The van der Waals surface area contributed by atoms with Gasteiger partial charge in [-0.25, -0.2) is 4.98 Å². The normalized spacial score (nSPS) is 10.8. The molecule has 0 amide bonds. The standard InChI is InChI=1S/C10H12BrN5OS/c1-5-9(11)6(16(2)15-5)4-18-10-13-7(12)3-8(17)14-10/h3H,4H2,1-2H3,(H3,12,13,14,17). The maximum Gasteiger partial charge on any atom is 0.253 e. The number of hydrogen-bond acceptors (Lipinski definition) is 5. The number of halogens is 1. The summed E-state index contributed by atoms with van der Waals surface area (Å²) in [4.78, 5) is 17.9. The van der Waals surface area contributed by atoms with E-state index in [0.717, 1.165) is 15.9 Å². The zero-order chi connectivity index (χ0) is 13.3. The summed E-state index contributed by atoms with van der Waals surface area (Å²) in [5.41, 5.74) is 7.24. The Morgan fingerprint density at radius 2 is 2.33 bits per heavy atom. The molecule has 6 nitrogen and oxygen atoms in total. The molecule has 0 atom stereocenters. The van der Waals surface area contributed by atoms with Crippen LogP contribution in [0.2, 0.25) is 0 Å². The zero-order valence-electron chi connectivity index (χ0n) is 9.90. The molecule has 0 aliphatic carbocycles. The fraction of sp³-hybridized carbons (Fsp3) is 0.300. The van der Waals surface area contributed by atoms with Crippen LogP contribution in [0.25, 0.3) is 0 Å². The molecule has 0 saturated heterocycles. The first-order valence-electron chi connectivity index (χ1n) is 5.15. The fourth-order valence-electron chi connectivity index (χ4n) is 1.50. The van der Waals surface area contributed by atoms with Gasteiger partial charge < -0.3 is 10.7 Å². The molecule has 2 aromatic rings. The van der Waals surface area contributed by atoms with Gasteiger partial charge in [0.15, 0.2) is 5.16 Å². The van der Waals surface area contributed by atoms with Crippen LogP contribution in [-0.4, -0.2) is 19.7 Å². The van der Waals surface area contributed by atoms with Crippen LogP contribution >= 0.6 is 27.7 Å². The lowest BCUT2D eigenvalue weighted by molar-refractivity contribution is 0.726. The van der Waals surface area contributed by atoms with Crippen LogP contribution < -0.4 is 11.3 Å². The van der Waals surface area contributed by atoms with Crippen molar-refractivity contribution in [2.75, 3.05) is 5.73 Å². The number of nitrogens with one attached hydrogen (secondary N) is 1. The molecule has 0 saturated carbocycles. The number of H-pyrrole nitrogens is 1. The Balaban J connectivity index is 2.18. The molecule has 0 bridgehead atoms. The number of thioether (sulfide) groups is 1. The van der Waals surface area contributed by atoms with Crippen LogP contribution in [0.3, 0.4) is 0 Å². The first-order chi connectivity index (χ1) is 8.47. The second-order valence-electron chi connectivity index (χ2n) is 3.73. The number of anilines is 1. The van der Waals surface area contributed by atoms with E-state index in [1.54, 1.807) is 4.68 Å². The lowest BCUT2D eigenvalue weighted by Crippen LogP contribution is -2.09. The second kappa shape index (κ2) is 5.15. The number of nitrogen functional groups attached to an aromatic ring is 1. The lowest BCUT2D eigenvalue weighted by Gasteiger charge is -2.03. The van der Waals surface area contributed by atoms with Crippen molar-refractivity contribution in [3.63, 3.8) is 0 Å². The number of rotatable bonds is 3. The van der Waals surface area contributed by atoms with Crippen molar-refractivity contribution in [2.24, 2.45) is 7.05 Å². The first kappa shape index (κ1) is 13.2. The van der Waals surface area contributed by atoms with Crippen LogP contribution in [0.5, 0.6) is 0 Å². The molecule has 0 spiro atoms. The van der Waals surface area contributed by atoms with Gasteiger partial charge in [0.2, 0.25) is 0 Å². The van der Waals surface area contributed by atoms with E-state index in [0.29, 0.717) is 10.9 Å². The number of aromatic amines is 1. The molecule has 2 rings (SSSR count). The summed E-state index contributed by atoms with van der Waals surface area (Å²) in [6.07, 6.45) is 0. The molecule has 18 heavy (non-hydrogen) atoms. The van der Waals surface area contributed by atoms with Gasteiger partial charge in [0.25, 0.3) is 5.56 Å². The summed E-state index contributed by atoms with van der Waals surface area (Å²) in [5.74, 6) is 0.867. The Morgan fingerprint density at radius 3 is 2.89 bits per heavy atom. The molecule has 2 aromatic heterocycles. The molecule has 8 heteroatoms. The van der Waals surface area contributed by atoms with Gasteiger partial charge >= 0.3 is 0 Å². The minimum atomic E-state index is -0.245. The van der Waals surface area contributed by atoms with Gasteiger partial charge in [-0.05, 0) is 22.9 Å². The molecule has 0 aliphatic rings. The first-order valence-corrected chi connectivity index (χ1v) is 6.93. The average Bonchev–Trinajstić information content (AvgIpc) is 2.50. The van der Waals surface area contributed by atoms with Crippen molar-refractivity contribution in [3.05, 3.63) is 32.3 Å². The lowest BCUT2D eigenvalue weighted by atomic mass is 10.4. The second-order valence-corrected chi connectivity index (χ2v) is 5.49. The molecule has 0 aliphatic heterocycles. The third kappa shape index (κ3) is 2.75. The van der Waals surface area contributed by atoms with Crippen molar-refractivity contribution in [2.45, 2.75) is 17.8 Å². The van der Waals surface area contributed by atoms with E-state index >= 15 is 0 Å². The molecule has 0 radical (unpaired) electrons. The number of nitrogens with zero attached hydrogens (tertiary/aromatic N) is 3. The highest BCUT2D eigenvalue weighted by Crippen LogP contribution is 2.26. The molecule has 0 fully saturated rings. The number of aryl methyl sites for hydroxylation is 2. The van der Waals surface area contributed by atoms with Crippen molar-refractivity contribution in [1.29, 1.82) is 0 Å². The molecular weight excluding hydrogens is 318 g/mol. The Morgan fingerprint density at radius 1 is 1.61 bits per heavy atom. The van der Waals surface area contributed by atoms with E-state index in [9.17, 15) is 4.79 Å². The molecule has 96 valence electrons. The topological polar surface area (TPSA) is 89.6 Å². The van der Waals surface area contributed by atoms with Gasteiger partial charge in [-0.15, -0.1) is 0 Å². The number of hydrogen-bond donors (Lipinski definition) is 2. The van der Waals surface area contributed by atoms with Gasteiger partial charge in [0, 0.05) is 18.9 Å². The summed E-state index contributed by atoms with van der Waals surface area (Å²) in [7, 11) is 1.88. The van der Waals surface area contributed by atoms with Crippen LogP contribution in [0.15, 0.2) is 20.5 Å². The summed E-state index contributed by atoms with van der Waals surface area (Å²) in [6.45, 7) is 1.93. The van der Waals surface area contributed by atoms with Crippen molar-refractivity contribution in [1.82, 2.24) is 19.7 Å². The fourth-order valence-corrected chi connectivity index (χ4v) is 3.10. The van der Waals surface area contributed by atoms with Crippen molar-refractivity contribution in [3.8, 4) is 0 Å². The van der Waals surface area contributed by atoms with E-state index in [4.69, 9.17) is 5.73 Å². The van der Waals surface area contributed by atoms with E-state index in [1.165, 1.54) is 17.8 Å². The highest BCUT2D eigenvalue weighted by molar-refractivity contribution is 9.10. The van der Waals surface area contributed by atoms with E-state index in [1.807, 2.05) is 14.0 Å². The van der Waals surface area contributed by atoms with Crippen LogP contribution in [0.1, 0.15) is 11.4 Å². The monoisotopic (exact) mass is 329 g/mol. The van der Waals surface area contributed by atoms with Gasteiger partial charge in [0.1, 0.15) is 5.82 Å². The number of aromatic nitrogens is 4. The quantitative estimate of drug-likeness (QED) is 0.657. The van der Waals surface area contributed by atoms with Crippen molar-refractivity contribution < 1.29 is 0 Å². The van der Waals surface area contributed by atoms with Gasteiger partial charge in [-0.3, -0.25) is 9.48 Å². The minimum absolute atomic E-state index is 0.224. The summed E-state index contributed by atoms with van der Waals surface area (Å²) >= 11 is 4.90. The number of nitrogens with two attached hydrogens (primary N) is 1. The van der Waals surface area contributed by atoms with Gasteiger partial charge in [-0.1, -0.05) is 11.8 Å². The third-order valence-corrected chi connectivity index (χ3v) is 4.26. The van der Waals surface area contributed by atoms with E-state index in [2.05, 4.69) is 31.0 Å². The maximum atomic E-state index is 11.2. The maximum absolute atomic E-state index is 11.2. The molecule has 3 N–H and O–H groups in total. The Hall–Kier alpha value is -1.28. The van der Waals surface area contributed by atoms with Crippen molar-refractivity contribution >= 4 is 33.5 Å². The van der Waals surface area contributed by atoms with E-state index < -0.39 is 0 Å². The third-order valence-electron chi connectivity index (χ3n) is 2.35. The molecule has 0 unspecified atom stereocenters. The smallest absolute Gasteiger partial charge is 0.253 e. The Bertz CT molecular complexity index is 636. The predicted molar refractivity (Wildman–Crippen MR) is 74.5 cm³/mol. The molecule has 2 heterocycles. The summed E-state index contributed by atoms with van der Waals surface area (Å²) in [5, 5.41) is 4.80. The predicted octanol–water partition coefficient (Wildman–Crippen LogP) is 1.45.